The second-order valence-corrected chi connectivity index (χ2v) is 5.00. The number of benzene rings is 1. The highest BCUT2D eigenvalue weighted by atomic mass is 79.9. The maximum absolute atomic E-state index is 5.63. The van der Waals surface area contributed by atoms with Gasteiger partial charge in [-0.3, -0.25) is 0 Å². The maximum atomic E-state index is 5.63. The predicted molar refractivity (Wildman–Crippen MR) is 76.3 cm³/mol. The standard InChI is InChI=1S/C14H12BrN3O/c15-11-6-8-18-14(10-11)16-13(17-18)7-9-19-12-4-2-1-3-5-12/h1-6,8,10H,7,9H2. The summed E-state index contributed by atoms with van der Waals surface area (Å²) >= 11 is 3.42. The third-order valence-electron chi connectivity index (χ3n) is 2.68. The number of fused-ring (bicyclic) bond motifs is 1. The van der Waals surface area contributed by atoms with Crippen LogP contribution in [-0.4, -0.2) is 21.2 Å². The van der Waals surface area contributed by atoms with Crippen LogP contribution in [0.1, 0.15) is 5.82 Å². The minimum Gasteiger partial charge on any atom is -0.493 e. The summed E-state index contributed by atoms with van der Waals surface area (Å²) in [4.78, 5) is 4.45. The first-order chi connectivity index (χ1) is 9.31. The number of halogens is 1. The van der Waals surface area contributed by atoms with Crippen LogP contribution in [0, 0.1) is 0 Å². The molecule has 0 spiro atoms. The molecule has 0 saturated carbocycles. The average Bonchev–Trinajstić information content (AvgIpc) is 2.82. The van der Waals surface area contributed by atoms with Crippen LogP contribution >= 0.6 is 15.9 Å². The SMILES string of the molecule is Brc1ccn2nc(CCOc3ccccc3)nc2c1. The molecule has 4 nitrogen and oxygen atoms in total. The lowest BCUT2D eigenvalue weighted by Crippen LogP contribution is -2.02. The Morgan fingerprint density at radius 3 is 2.84 bits per heavy atom. The number of hydrogen-bond donors (Lipinski definition) is 0. The highest BCUT2D eigenvalue weighted by molar-refractivity contribution is 9.10. The van der Waals surface area contributed by atoms with Gasteiger partial charge in [0, 0.05) is 17.1 Å². The Morgan fingerprint density at radius 2 is 2.00 bits per heavy atom. The van der Waals surface area contributed by atoms with Crippen molar-refractivity contribution in [2.45, 2.75) is 6.42 Å². The topological polar surface area (TPSA) is 39.4 Å². The second-order valence-electron chi connectivity index (χ2n) is 4.09. The normalized spacial score (nSPS) is 10.8. The molecule has 0 amide bonds. The van der Waals surface area contributed by atoms with Crippen molar-refractivity contribution in [3.63, 3.8) is 0 Å². The lowest BCUT2D eigenvalue weighted by molar-refractivity contribution is 0.319. The number of ether oxygens (including phenoxy) is 1. The van der Waals surface area contributed by atoms with Crippen molar-refractivity contribution in [3.05, 3.63) is 59.0 Å². The van der Waals surface area contributed by atoms with E-state index in [-0.39, 0.29) is 0 Å². The largest absolute Gasteiger partial charge is 0.493 e. The summed E-state index contributed by atoms with van der Waals surface area (Å²) in [6.45, 7) is 0.571. The predicted octanol–water partition coefficient (Wildman–Crippen LogP) is 3.11. The van der Waals surface area contributed by atoms with E-state index in [0.717, 1.165) is 21.7 Å². The summed E-state index contributed by atoms with van der Waals surface area (Å²) in [7, 11) is 0. The van der Waals surface area contributed by atoms with E-state index in [1.165, 1.54) is 0 Å². The molecule has 0 aliphatic carbocycles. The summed E-state index contributed by atoms with van der Waals surface area (Å²) in [6, 6.07) is 13.6. The minimum absolute atomic E-state index is 0.571. The van der Waals surface area contributed by atoms with Gasteiger partial charge in [-0.25, -0.2) is 9.50 Å². The molecule has 3 rings (SSSR count). The molecule has 3 aromatic rings. The van der Waals surface area contributed by atoms with Gasteiger partial charge in [-0.15, -0.1) is 0 Å². The first-order valence-corrected chi connectivity index (χ1v) is 6.79. The van der Waals surface area contributed by atoms with E-state index in [4.69, 9.17) is 4.74 Å². The van der Waals surface area contributed by atoms with Gasteiger partial charge < -0.3 is 4.74 Å². The minimum atomic E-state index is 0.571. The number of hydrogen-bond acceptors (Lipinski definition) is 3. The van der Waals surface area contributed by atoms with Crippen molar-refractivity contribution in [1.82, 2.24) is 14.6 Å². The molecule has 2 aromatic heterocycles. The highest BCUT2D eigenvalue weighted by Crippen LogP contribution is 2.12. The zero-order valence-electron chi connectivity index (χ0n) is 10.2. The molecule has 0 aliphatic rings. The molecule has 2 heterocycles. The fourth-order valence-electron chi connectivity index (χ4n) is 1.79. The Labute approximate surface area is 119 Å². The molecule has 0 saturated heterocycles. The van der Waals surface area contributed by atoms with Gasteiger partial charge in [0.05, 0.1) is 6.61 Å². The first-order valence-electron chi connectivity index (χ1n) is 6.00. The van der Waals surface area contributed by atoms with E-state index >= 15 is 0 Å². The van der Waals surface area contributed by atoms with Crippen molar-refractivity contribution < 1.29 is 4.74 Å². The molecule has 0 unspecified atom stereocenters. The summed E-state index contributed by atoms with van der Waals surface area (Å²) in [6.07, 6.45) is 2.57. The molecule has 5 heteroatoms. The third kappa shape index (κ3) is 2.93. The number of pyridine rings is 1. The van der Waals surface area contributed by atoms with E-state index in [1.807, 2.05) is 48.7 Å². The lowest BCUT2D eigenvalue weighted by Gasteiger charge is -2.03. The van der Waals surface area contributed by atoms with Gasteiger partial charge >= 0.3 is 0 Å². The van der Waals surface area contributed by atoms with Gasteiger partial charge in [0.1, 0.15) is 5.75 Å². The zero-order valence-corrected chi connectivity index (χ0v) is 11.7. The molecule has 1 aromatic carbocycles. The Bertz CT molecular complexity index is 681. The first kappa shape index (κ1) is 12.2. The van der Waals surface area contributed by atoms with Gasteiger partial charge in [-0.1, -0.05) is 34.1 Å². The zero-order chi connectivity index (χ0) is 13.1. The Kier molecular flexibility index (Phi) is 3.46. The van der Waals surface area contributed by atoms with Crippen LogP contribution in [0.3, 0.4) is 0 Å². The molecule has 0 aliphatic heterocycles. The molecule has 0 fully saturated rings. The van der Waals surface area contributed by atoms with Crippen molar-refractivity contribution in [2.24, 2.45) is 0 Å². The highest BCUT2D eigenvalue weighted by Gasteiger charge is 2.04. The van der Waals surface area contributed by atoms with E-state index < -0.39 is 0 Å². The lowest BCUT2D eigenvalue weighted by atomic mass is 10.3. The Hall–Kier alpha value is -1.88. The molecule has 0 N–H and O–H groups in total. The van der Waals surface area contributed by atoms with Crippen LogP contribution < -0.4 is 4.74 Å². The van der Waals surface area contributed by atoms with Crippen molar-refractivity contribution in [2.75, 3.05) is 6.61 Å². The fourth-order valence-corrected chi connectivity index (χ4v) is 2.11. The summed E-state index contributed by atoms with van der Waals surface area (Å²) in [5.74, 6) is 1.66. The second kappa shape index (κ2) is 5.40. The van der Waals surface area contributed by atoms with Gasteiger partial charge in [-0.05, 0) is 24.3 Å². The van der Waals surface area contributed by atoms with E-state index in [2.05, 4.69) is 26.0 Å². The van der Waals surface area contributed by atoms with Crippen LogP contribution in [0.2, 0.25) is 0 Å². The molecule has 0 radical (unpaired) electrons. The van der Waals surface area contributed by atoms with E-state index in [1.54, 1.807) is 4.52 Å². The Morgan fingerprint density at radius 1 is 1.16 bits per heavy atom. The van der Waals surface area contributed by atoms with Crippen LogP contribution in [0.15, 0.2) is 53.1 Å². The number of para-hydroxylation sites is 1. The van der Waals surface area contributed by atoms with Crippen molar-refractivity contribution >= 4 is 21.6 Å². The van der Waals surface area contributed by atoms with Gasteiger partial charge in [0.25, 0.3) is 0 Å². The number of nitrogens with zero attached hydrogens (tertiary/aromatic N) is 3. The number of rotatable bonds is 4. The summed E-state index contributed by atoms with van der Waals surface area (Å²) < 4.78 is 8.40. The summed E-state index contributed by atoms with van der Waals surface area (Å²) in [5, 5.41) is 4.39. The van der Waals surface area contributed by atoms with E-state index in [0.29, 0.717) is 13.0 Å². The number of aromatic nitrogens is 3. The van der Waals surface area contributed by atoms with Crippen molar-refractivity contribution in [3.8, 4) is 5.75 Å². The Balaban J connectivity index is 1.65. The van der Waals surface area contributed by atoms with Crippen LogP contribution in [0.25, 0.3) is 5.65 Å². The fraction of sp³-hybridized carbons (Fsp3) is 0.143. The third-order valence-corrected chi connectivity index (χ3v) is 3.17. The monoisotopic (exact) mass is 317 g/mol. The molecule has 19 heavy (non-hydrogen) atoms. The van der Waals surface area contributed by atoms with E-state index in [9.17, 15) is 0 Å². The maximum Gasteiger partial charge on any atom is 0.156 e. The molecular formula is C14H12BrN3O. The van der Waals surface area contributed by atoms with Crippen molar-refractivity contribution in [1.29, 1.82) is 0 Å². The van der Waals surface area contributed by atoms with Crippen LogP contribution in [0.4, 0.5) is 0 Å². The molecule has 0 bridgehead atoms. The van der Waals surface area contributed by atoms with Gasteiger partial charge in [0.15, 0.2) is 11.5 Å². The van der Waals surface area contributed by atoms with Crippen LogP contribution in [-0.2, 0) is 6.42 Å². The molecule has 96 valence electrons. The average molecular weight is 318 g/mol. The quantitative estimate of drug-likeness (QED) is 0.742. The van der Waals surface area contributed by atoms with Crippen LogP contribution in [0.5, 0.6) is 5.75 Å². The molecule has 0 atom stereocenters. The smallest absolute Gasteiger partial charge is 0.156 e. The summed E-state index contributed by atoms with van der Waals surface area (Å²) in [5.41, 5.74) is 0.837. The van der Waals surface area contributed by atoms with Gasteiger partial charge in [-0.2, -0.15) is 5.10 Å². The van der Waals surface area contributed by atoms with Gasteiger partial charge in [0.2, 0.25) is 0 Å². The molecular weight excluding hydrogens is 306 g/mol.